The molecule has 0 aromatic heterocycles. The first kappa shape index (κ1) is 12.5. The minimum absolute atomic E-state index is 0.638. The minimum Gasteiger partial charge on any atom is -0.0654 e. The van der Waals surface area contributed by atoms with Crippen LogP contribution in [0.2, 0.25) is 0 Å². The molecule has 0 heterocycles. The van der Waals surface area contributed by atoms with Crippen molar-refractivity contribution in [3.63, 3.8) is 0 Å². The third-order valence-electron chi connectivity index (χ3n) is 6.75. The van der Waals surface area contributed by atoms with Gasteiger partial charge in [-0.2, -0.15) is 0 Å². The second-order valence-electron chi connectivity index (χ2n) is 6.90. The molecule has 0 saturated heterocycles. The molecule has 0 radical (unpaired) electrons. The molecule has 0 spiro atoms. The third kappa shape index (κ3) is 1.28. The normalized spacial score (nSPS) is 48.6. The van der Waals surface area contributed by atoms with E-state index in [0.29, 0.717) is 10.8 Å². The fourth-order valence-corrected chi connectivity index (χ4v) is 5.42. The first-order chi connectivity index (χ1) is 7.52. The second-order valence-corrected chi connectivity index (χ2v) is 6.90. The highest BCUT2D eigenvalue weighted by molar-refractivity contribution is 5.16. The second kappa shape index (κ2) is 4.03. The molecule has 94 valence electrons. The zero-order valence-corrected chi connectivity index (χ0v) is 12.0. The van der Waals surface area contributed by atoms with Crippen LogP contribution in [0, 0.1) is 28.6 Å². The summed E-state index contributed by atoms with van der Waals surface area (Å²) in [5, 5.41) is 0. The van der Waals surface area contributed by atoms with Crippen molar-refractivity contribution >= 4 is 0 Å². The van der Waals surface area contributed by atoms with E-state index >= 15 is 0 Å². The Morgan fingerprint density at radius 1 is 1.25 bits per heavy atom. The minimum atomic E-state index is 0.638. The van der Waals surface area contributed by atoms with Crippen LogP contribution in [0.1, 0.15) is 73.1 Å². The molecule has 2 rings (SSSR count). The van der Waals surface area contributed by atoms with Gasteiger partial charge in [0.1, 0.15) is 0 Å². The van der Waals surface area contributed by atoms with Crippen molar-refractivity contribution in [3.05, 3.63) is 0 Å². The summed E-state index contributed by atoms with van der Waals surface area (Å²) in [7, 11) is 0. The van der Waals surface area contributed by atoms with Crippen LogP contribution in [0.25, 0.3) is 0 Å². The maximum atomic E-state index is 2.61. The lowest BCUT2D eigenvalue weighted by atomic mass is 9.36. The highest BCUT2D eigenvalue weighted by Crippen LogP contribution is 2.74. The Labute approximate surface area is 102 Å². The molecule has 2 saturated carbocycles. The average molecular weight is 222 g/mol. The molecule has 0 aromatic carbocycles. The Hall–Kier alpha value is 0. The first-order valence-electron chi connectivity index (χ1n) is 7.52. The van der Waals surface area contributed by atoms with Crippen LogP contribution in [0.4, 0.5) is 0 Å². The zero-order valence-electron chi connectivity index (χ0n) is 12.0. The van der Waals surface area contributed by atoms with Gasteiger partial charge in [0.15, 0.2) is 0 Å². The quantitative estimate of drug-likeness (QED) is 0.607. The molecule has 2 aliphatic carbocycles. The van der Waals surface area contributed by atoms with E-state index in [1.807, 2.05) is 0 Å². The van der Waals surface area contributed by atoms with Crippen molar-refractivity contribution in [2.45, 2.75) is 73.1 Å². The monoisotopic (exact) mass is 222 g/mol. The fourth-order valence-electron chi connectivity index (χ4n) is 5.42. The SMILES string of the molecule is CCCC1C2CCCC2(C)C1(C)C(C)CC. The van der Waals surface area contributed by atoms with Crippen LogP contribution >= 0.6 is 0 Å². The standard InChI is InChI=1S/C16H30/c1-6-9-14-13-10-8-11-15(13,4)16(14,5)12(3)7-2/h12-14H,6-11H2,1-5H3. The van der Waals surface area contributed by atoms with Gasteiger partial charge in [-0.1, -0.05) is 53.9 Å². The van der Waals surface area contributed by atoms with Gasteiger partial charge in [-0.15, -0.1) is 0 Å². The molecule has 5 atom stereocenters. The highest BCUT2D eigenvalue weighted by atomic mass is 14.7. The van der Waals surface area contributed by atoms with Crippen LogP contribution in [0.15, 0.2) is 0 Å². The molecule has 0 aromatic rings. The Balaban J connectivity index is 2.25. The fraction of sp³-hybridized carbons (Fsp3) is 1.00. The maximum Gasteiger partial charge on any atom is -0.0212 e. The van der Waals surface area contributed by atoms with Crippen molar-refractivity contribution < 1.29 is 0 Å². The lowest BCUT2D eigenvalue weighted by Crippen LogP contribution is -2.63. The van der Waals surface area contributed by atoms with Gasteiger partial charge >= 0.3 is 0 Å². The molecule has 0 N–H and O–H groups in total. The maximum absolute atomic E-state index is 2.61. The predicted molar refractivity (Wildman–Crippen MR) is 71.4 cm³/mol. The van der Waals surface area contributed by atoms with Crippen LogP contribution in [-0.4, -0.2) is 0 Å². The molecule has 5 unspecified atom stereocenters. The van der Waals surface area contributed by atoms with Crippen LogP contribution < -0.4 is 0 Å². The molecule has 16 heavy (non-hydrogen) atoms. The molecule has 0 heteroatoms. The molecular weight excluding hydrogens is 192 g/mol. The van der Waals surface area contributed by atoms with Gasteiger partial charge in [0.05, 0.1) is 0 Å². The van der Waals surface area contributed by atoms with Gasteiger partial charge in [-0.25, -0.2) is 0 Å². The average Bonchev–Trinajstić information content (AvgIpc) is 2.64. The van der Waals surface area contributed by atoms with Gasteiger partial charge in [0.2, 0.25) is 0 Å². The van der Waals surface area contributed by atoms with E-state index in [4.69, 9.17) is 0 Å². The predicted octanol–water partition coefficient (Wildman–Crippen LogP) is 5.28. The van der Waals surface area contributed by atoms with E-state index in [9.17, 15) is 0 Å². The summed E-state index contributed by atoms with van der Waals surface area (Å²) in [4.78, 5) is 0. The van der Waals surface area contributed by atoms with E-state index in [-0.39, 0.29) is 0 Å². The largest absolute Gasteiger partial charge is 0.0654 e. The highest BCUT2D eigenvalue weighted by Gasteiger charge is 2.68. The molecule has 0 nitrogen and oxygen atoms in total. The Bertz CT molecular complexity index is 257. The van der Waals surface area contributed by atoms with Gasteiger partial charge in [-0.3, -0.25) is 0 Å². The smallest absolute Gasteiger partial charge is 0.0212 e. The van der Waals surface area contributed by atoms with Gasteiger partial charge in [0, 0.05) is 0 Å². The van der Waals surface area contributed by atoms with E-state index in [1.54, 1.807) is 0 Å². The lowest BCUT2D eigenvalue weighted by Gasteiger charge is -2.68. The number of rotatable bonds is 4. The zero-order chi connectivity index (χ0) is 12.0. The number of hydrogen-bond acceptors (Lipinski definition) is 0. The molecule has 2 aliphatic rings. The number of fused-ring (bicyclic) bond motifs is 1. The van der Waals surface area contributed by atoms with Crippen molar-refractivity contribution in [1.82, 2.24) is 0 Å². The Morgan fingerprint density at radius 3 is 2.50 bits per heavy atom. The summed E-state index contributed by atoms with van der Waals surface area (Å²) in [6.45, 7) is 12.5. The van der Waals surface area contributed by atoms with Crippen molar-refractivity contribution in [3.8, 4) is 0 Å². The van der Waals surface area contributed by atoms with E-state index < -0.39 is 0 Å². The van der Waals surface area contributed by atoms with E-state index in [0.717, 1.165) is 17.8 Å². The molecule has 2 fully saturated rings. The summed E-state index contributed by atoms with van der Waals surface area (Å²) in [6.07, 6.45) is 8.72. The molecule has 0 amide bonds. The van der Waals surface area contributed by atoms with Gasteiger partial charge < -0.3 is 0 Å². The van der Waals surface area contributed by atoms with E-state index in [2.05, 4.69) is 34.6 Å². The Kier molecular flexibility index (Phi) is 3.14. The van der Waals surface area contributed by atoms with Gasteiger partial charge in [0.25, 0.3) is 0 Å². The molecule has 0 bridgehead atoms. The Morgan fingerprint density at radius 2 is 1.94 bits per heavy atom. The summed E-state index contributed by atoms with van der Waals surface area (Å²) in [5.74, 6) is 3.00. The number of hydrogen-bond donors (Lipinski definition) is 0. The van der Waals surface area contributed by atoms with Crippen LogP contribution in [0.5, 0.6) is 0 Å². The summed E-state index contributed by atoms with van der Waals surface area (Å²) in [6, 6.07) is 0. The van der Waals surface area contributed by atoms with Crippen molar-refractivity contribution in [2.75, 3.05) is 0 Å². The summed E-state index contributed by atoms with van der Waals surface area (Å²) < 4.78 is 0. The first-order valence-corrected chi connectivity index (χ1v) is 7.52. The van der Waals surface area contributed by atoms with Crippen molar-refractivity contribution in [2.24, 2.45) is 28.6 Å². The van der Waals surface area contributed by atoms with E-state index in [1.165, 1.54) is 38.5 Å². The van der Waals surface area contributed by atoms with Crippen LogP contribution in [-0.2, 0) is 0 Å². The van der Waals surface area contributed by atoms with Crippen LogP contribution in [0.3, 0.4) is 0 Å². The summed E-state index contributed by atoms with van der Waals surface area (Å²) in [5.41, 5.74) is 1.32. The van der Waals surface area contributed by atoms with Crippen molar-refractivity contribution in [1.29, 1.82) is 0 Å². The molecule has 0 aliphatic heterocycles. The third-order valence-corrected chi connectivity index (χ3v) is 6.75. The lowest BCUT2D eigenvalue weighted by molar-refractivity contribution is -0.205. The van der Waals surface area contributed by atoms with Gasteiger partial charge in [-0.05, 0) is 47.8 Å². The summed E-state index contributed by atoms with van der Waals surface area (Å²) >= 11 is 0. The topological polar surface area (TPSA) is 0 Å². The molecular formula is C16H30.